The van der Waals surface area contributed by atoms with Gasteiger partial charge in [0.25, 0.3) is 0 Å². The third-order valence-electron chi connectivity index (χ3n) is 2.54. The predicted octanol–water partition coefficient (Wildman–Crippen LogP) is 3.42. The first-order chi connectivity index (χ1) is 8.73. The maximum atomic E-state index is 12.3. The highest BCUT2D eigenvalue weighted by Crippen LogP contribution is 2.22. The van der Waals surface area contributed by atoms with Crippen molar-refractivity contribution in [3.63, 3.8) is 0 Å². The first-order valence-corrected chi connectivity index (χ1v) is 5.91. The normalized spacial score (nSPS) is 11.9. The standard InChI is InChI=1S/C12H13ClF3NO2/c1-2-17(7-12(14,15)16)6-9-4-3-8(11(18)19)5-10(9)13/h3-5H,2,6-7H2,1H3,(H,18,19). The summed E-state index contributed by atoms with van der Waals surface area (Å²) in [5, 5.41) is 8.92. The smallest absolute Gasteiger partial charge is 0.401 e. The Balaban J connectivity index is 2.83. The Kier molecular flexibility index (Phi) is 5.20. The molecule has 0 aliphatic carbocycles. The summed E-state index contributed by atoms with van der Waals surface area (Å²) < 4.78 is 36.9. The summed E-state index contributed by atoms with van der Waals surface area (Å²) in [6.07, 6.45) is -4.27. The molecule has 1 rings (SSSR count). The average Bonchev–Trinajstić information content (AvgIpc) is 2.28. The van der Waals surface area contributed by atoms with Gasteiger partial charge in [-0.3, -0.25) is 4.90 Å². The fourth-order valence-electron chi connectivity index (χ4n) is 1.58. The second-order valence-electron chi connectivity index (χ2n) is 4.03. The number of rotatable bonds is 5. The number of benzene rings is 1. The molecular weight excluding hydrogens is 283 g/mol. The van der Waals surface area contributed by atoms with Gasteiger partial charge in [-0.05, 0) is 24.2 Å². The highest BCUT2D eigenvalue weighted by atomic mass is 35.5. The number of nitrogens with zero attached hydrogens (tertiary/aromatic N) is 1. The molecule has 1 aromatic carbocycles. The van der Waals surface area contributed by atoms with Crippen LogP contribution < -0.4 is 0 Å². The fraction of sp³-hybridized carbons (Fsp3) is 0.417. The van der Waals surface area contributed by atoms with Crippen LogP contribution in [0, 0.1) is 0 Å². The number of hydrogen-bond acceptors (Lipinski definition) is 2. The van der Waals surface area contributed by atoms with Crippen LogP contribution in [0.15, 0.2) is 18.2 Å². The van der Waals surface area contributed by atoms with Gasteiger partial charge in [0.15, 0.2) is 0 Å². The minimum atomic E-state index is -4.27. The zero-order chi connectivity index (χ0) is 14.6. The van der Waals surface area contributed by atoms with Crippen LogP contribution in [0.3, 0.4) is 0 Å². The summed E-state index contributed by atoms with van der Waals surface area (Å²) in [5.41, 5.74) is 0.477. The van der Waals surface area contributed by atoms with Crippen molar-refractivity contribution in [3.05, 3.63) is 34.3 Å². The largest absolute Gasteiger partial charge is 0.478 e. The molecule has 106 valence electrons. The molecule has 0 spiro atoms. The fourth-order valence-corrected chi connectivity index (χ4v) is 1.82. The summed E-state index contributed by atoms with van der Waals surface area (Å²) in [6.45, 7) is 0.830. The number of aromatic carboxylic acids is 1. The minimum absolute atomic E-state index is 0.00706. The lowest BCUT2D eigenvalue weighted by Gasteiger charge is -2.22. The van der Waals surface area contributed by atoms with E-state index in [1.165, 1.54) is 23.1 Å². The monoisotopic (exact) mass is 295 g/mol. The van der Waals surface area contributed by atoms with Gasteiger partial charge in [-0.25, -0.2) is 4.79 Å². The van der Waals surface area contributed by atoms with E-state index >= 15 is 0 Å². The molecule has 0 radical (unpaired) electrons. The summed E-state index contributed by atoms with van der Waals surface area (Å²) in [4.78, 5) is 11.9. The topological polar surface area (TPSA) is 40.5 Å². The second-order valence-corrected chi connectivity index (χ2v) is 4.44. The van der Waals surface area contributed by atoms with Gasteiger partial charge < -0.3 is 5.11 Å². The van der Waals surface area contributed by atoms with Gasteiger partial charge in [-0.2, -0.15) is 13.2 Å². The molecule has 1 N–H and O–H groups in total. The summed E-state index contributed by atoms with van der Waals surface area (Å²) in [7, 11) is 0. The maximum absolute atomic E-state index is 12.3. The SMILES string of the molecule is CCN(Cc1ccc(C(=O)O)cc1Cl)CC(F)(F)F. The second kappa shape index (κ2) is 6.25. The molecule has 0 amide bonds. The van der Waals surface area contributed by atoms with E-state index in [9.17, 15) is 18.0 Å². The molecule has 0 saturated heterocycles. The third-order valence-corrected chi connectivity index (χ3v) is 2.90. The molecule has 0 heterocycles. The van der Waals surface area contributed by atoms with Crippen molar-refractivity contribution in [2.75, 3.05) is 13.1 Å². The van der Waals surface area contributed by atoms with Crippen LogP contribution in [-0.2, 0) is 6.54 Å². The van der Waals surface area contributed by atoms with Crippen LogP contribution in [0.4, 0.5) is 13.2 Å². The Morgan fingerprint density at radius 2 is 2.05 bits per heavy atom. The summed E-state index contributed by atoms with van der Waals surface area (Å²) in [6, 6.07) is 4.00. The van der Waals surface area contributed by atoms with E-state index in [0.29, 0.717) is 5.56 Å². The van der Waals surface area contributed by atoms with Gasteiger partial charge in [-0.1, -0.05) is 24.6 Å². The zero-order valence-electron chi connectivity index (χ0n) is 10.2. The molecule has 0 atom stereocenters. The lowest BCUT2D eigenvalue weighted by molar-refractivity contribution is -0.146. The van der Waals surface area contributed by atoms with Gasteiger partial charge >= 0.3 is 12.1 Å². The van der Waals surface area contributed by atoms with Crippen LogP contribution in [0.5, 0.6) is 0 Å². The number of carboxylic acid groups (broad SMARTS) is 1. The molecule has 19 heavy (non-hydrogen) atoms. The number of carbonyl (C=O) groups is 1. The van der Waals surface area contributed by atoms with Crippen molar-refractivity contribution < 1.29 is 23.1 Å². The van der Waals surface area contributed by atoms with Crippen LogP contribution in [0.2, 0.25) is 5.02 Å². The van der Waals surface area contributed by atoms with E-state index in [1.807, 2.05) is 0 Å². The van der Waals surface area contributed by atoms with Gasteiger partial charge in [0, 0.05) is 11.6 Å². The highest BCUT2D eigenvalue weighted by molar-refractivity contribution is 6.31. The number of hydrogen-bond donors (Lipinski definition) is 1. The van der Waals surface area contributed by atoms with Crippen molar-refractivity contribution in [2.45, 2.75) is 19.6 Å². The van der Waals surface area contributed by atoms with E-state index < -0.39 is 18.7 Å². The van der Waals surface area contributed by atoms with E-state index in [4.69, 9.17) is 16.7 Å². The summed E-state index contributed by atoms with van der Waals surface area (Å²) in [5.74, 6) is -1.13. The summed E-state index contributed by atoms with van der Waals surface area (Å²) >= 11 is 5.87. The molecule has 0 saturated carbocycles. The van der Waals surface area contributed by atoms with Crippen molar-refractivity contribution in [1.82, 2.24) is 4.90 Å². The molecule has 1 aromatic rings. The maximum Gasteiger partial charge on any atom is 0.401 e. The number of carboxylic acids is 1. The molecule has 0 aliphatic heterocycles. The minimum Gasteiger partial charge on any atom is -0.478 e. The Labute approximate surface area is 113 Å². The van der Waals surface area contributed by atoms with Gasteiger partial charge in [0.1, 0.15) is 0 Å². The quantitative estimate of drug-likeness (QED) is 0.905. The first kappa shape index (κ1) is 15.8. The zero-order valence-corrected chi connectivity index (χ0v) is 10.9. The van der Waals surface area contributed by atoms with E-state index in [0.717, 1.165) is 0 Å². The van der Waals surface area contributed by atoms with Crippen LogP contribution >= 0.6 is 11.6 Å². The highest BCUT2D eigenvalue weighted by Gasteiger charge is 2.30. The van der Waals surface area contributed by atoms with Crippen LogP contribution in [0.1, 0.15) is 22.8 Å². The Bertz CT molecular complexity index is 463. The van der Waals surface area contributed by atoms with Crippen molar-refractivity contribution >= 4 is 17.6 Å². The number of alkyl halides is 3. The van der Waals surface area contributed by atoms with Gasteiger partial charge in [-0.15, -0.1) is 0 Å². The Morgan fingerprint density at radius 3 is 2.47 bits per heavy atom. The van der Waals surface area contributed by atoms with Gasteiger partial charge in [0.2, 0.25) is 0 Å². The Morgan fingerprint density at radius 1 is 1.42 bits per heavy atom. The average molecular weight is 296 g/mol. The van der Waals surface area contributed by atoms with E-state index in [1.54, 1.807) is 6.92 Å². The van der Waals surface area contributed by atoms with Crippen LogP contribution in [0.25, 0.3) is 0 Å². The van der Waals surface area contributed by atoms with E-state index in [-0.39, 0.29) is 23.7 Å². The molecule has 0 unspecified atom stereocenters. The molecular formula is C12H13ClF3NO2. The van der Waals surface area contributed by atoms with Crippen molar-refractivity contribution in [1.29, 1.82) is 0 Å². The first-order valence-electron chi connectivity index (χ1n) is 5.53. The van der Waals surface area contributed by atoms with Crippen molar-refractivity contribution in [2.24, 2.45) is 0 Å². The molecule has 0 bridgehead atoms. The lowest BCUT2D eigenvalue weighted by Crippen LogP contribution is -2.33. The third kappa shape index (κ3) is 5.08. The van der Waals surface area contributed by atoms with Crippen LogP contribution in [-0.4, -0.2) is 35.2 Å². The predicted molar refractivity (Wildman–Crippen MR) is 65.4 cm³/mol. The Hall–Kier alpha value is -1.27. The van der Waals surface area contributed by atoms with Gasteiger partial charge in [0.05, 0.1) is 12.1 Å². The lowest BCUT2D eigenvalue weighted by atomic mass is 10.1. The number of halogens is 4. The molecule has 0 fully saturated rings. The molecule has 0 aromatic heterocycles. The van der Waals surface area contributed by atoms with Crippen molar-refractivity contribution in [3.8, 4) is 0 Å². The molecule has 7 heteroatoms. The van der Waals surface area contributed by atoms with E-state index in [2.05, 4.69) is 0 Å². The molecule has 3 nitrogen and oxygen atoms in total. The molecule has 0 aliphatic rings.